The van der Waals surface area contributed by atoms with Gasteiger partial charge in [0.2, 0.25) is 5.91 Å². The van der Waals surface area contributed by atoms with Crippen LogP contribution in [0.2, 0.25) is 0 Å². The summed E-state index contributed by atoms with van der Waals surface area (Å²) < 4.78 is 5.81. The molecule has 6 heteroatoms. The number of anilines is 1. The molecule has 4 rings (SSSR count). The van der Waals surface area contributed by atoms with Gasteiger partial charge in [-0.05, 0) is 86.3 Å². The number of amides is 1. The Morgan fingerprint density at radius 3 is 2.41 bits per heavy atom. The second kappa shape index (κ2) is 12.9. The number of rotatable bonds is 11. The van der Waals surface area contributed by atoms with E-state index < -0.39 is 5.97 Å². The van der Waals surface area contributed by atoms with E-state index in [1.54, 1.807) is 6.20 Å². The third-order valence-electron chi connectivity index (χ3n) is 7.83. The van der Waals surface area contributed by atoms with E-state index in [0.29, 0.717) is 5.92 Å². The first-order chi connectivity index (χ1) is 18.8. The molecule has 2 unspecified atom stereocenters. The van der Waals surface area contributed by atoms with Gasteiger partial charge in [0, 0.05) is 17.4 Å². The average Bonchev–Trinajstić information content (AvgIpc) is 3.43. The number of carbonyl (C=O) groups excluding carboxylic acids is 1. The Balaban J connectivity index is 1.59. The lowest BCUT2D eigenvalue weighted by molar-refractivity contribution is -0.137. The standard InChI is InChI=1S/C33H40N2O4/c1-5-23(18-31(36)37)29-11-8-12-30(22(29)4)35-33(38)32(25-9-6-7-10-25)26-15-13-24(14-16-26)27-17-28(20-34-19-27)39-21(2)3/h8,11-17,19-21,23,25,32H,5-7,9-10,18H2,1-4H3,(H,35,38)(H,36,37). The van der Waals surface area contributed by atoms with Crippen molar-refractivity contribution < 1.29 is 19.4 Å². The van der Waals surface area contributed by atoms with Gasteiger partial charge in [0.1, 0.15) is 5.75 Å². The van der Waals surface area contributed by atoms with Crippen LogP contribution in [-0.4, -0.2) is 28.1 Å². The summed E-state index contributed by atoms with van der Waals surface area (Å²) >= 11 is 0. The highest BCUT2D eigenvalue weighted by atomic mass is 16.5. The monoisotopic (exact) mass is 528 g/mol. The van der Waals surface area contributed by atoms with Crippen LogP contribution < -0.4 is 10.1 Å². The number of ether oxygens (including phenoxy) is 1. The number of hydrogen-bond acceptors (Lipinski definition) is 4. The minimum atomic E-state index is -0.810. The van der Waals surface area contributed by atoms with Crippen molar-refractivity contribution in [1.82, 2.24) is 4.98 Å². The first-order valence-electron chi connectivity index (χ1n) is 14.1. The van der Waals surface area contributed by atoms with Crippen LogP contribution in [0, 0.1) is 12.8 Å². The van der Waals surface area contributed by atoms with Crippen molar-refractivity contribution >= 4 is 17.6 Å². The van der Waals surface area contributed by atoms with Gasteiger partial charge in [-0.3, -0.25) is 14.6 Å². The molecule has 6 nitrogen and oxygen atoms in total. The highest BCUT2D eigenvalue weighted by Gasteiger charge is 2.32. The molecule has 0 saturated heterocycles. The largest absolute Gasteiger partial charge is 0.489 e. The molecule has 1 fully saturated rings. The maximum absolute atomic E-state index is 13.9. The molecule has 1 aliphatic carbocycles. The fraction of sp³-hybridized carbons (Fsp3) is 0.424. The molecule has 206 valence electrons. The molecule has 2 N–H and O–H groups in total. The Hall–Kier alpha value is -3.67. The summed E-state index contributed by atoms with van der Waals surface area (Å²) in [4.78, 5) is 29.6. The van der Waals surface area contributed by atoms with Gasteiger partial charge in [0.15, 0.2) is 0 Å². The molecule has 1 aliphatic rings. The topological polar surface area (TPSA) is 88.5 Å². The number of aliphatic carboxylic acids is 1. The van der Waals surface area contributed by atoms with E-state index in [1.165, 1.54) is 0 Å². The molecule has 39 heavy (non-hydrogen) atoms. The molecule has 3 aromatic rings. The number of carbonyl (C=O) groups is 2. The highest BCUT2D eigenvalue weighted by Crippen LogP contribution is 2.39. The first kappa shape index (κ1) is 28.3. The minimum absolute atomic E-state index is 0.00446. The predicted octanol–water partition coefficient (Wildman–Crippen LogP) is 7.73. The van der Waals surface area contributed by atoms with Gasteiger partial charge in [-0.1, -0.05) is 56.2 Å². The molecule has 2 aromatic carbocycles. The summed E-state index contributed by atoms with van der Waals surface area (Å²) in [5, 5.41) is 12.6. The Kier molecular flexibility index (Phi) is 9.39. The number of carboxylic acid groups (broad SMARTS) is 1. The van der Waals surface area contributed by atoms with Crippen LogP contribution >= 0.6 is 0 Å². The third kappa shape index (κ3) is 7.05. The molecule has 1 amide bonds. The minimum Gasteiger partial charge on any atom is -0.489 e. The van der Waals surface area contributed by atoms with Crippen LogP contribution in [0.15, 0.2) is 60.9 Å². The molecule has 0 bridgehead atoms. The quantitative estimate of drug-likeness (QED) is 0.266. The van der Waals surface area contributed by atoms with Crippen LogP contribution in [-0.2, 0) is 9.59 Å². The smallest absolute Gasteiger partial charge is 0.303 e. The second-order valence-electron chi connectivity index (χ2n) is 10.9. The number of pyridine rings is 1. The first-order valence-corrected chi connectivity index (χ1v) is 14.1. The predicted molar refractivity (Wildman–Crippen MR) is 155 cm³/mol. The van der Waals surface area contributed by atoms with Crippen molar-refractivity contribution in [3.05, 3.63) is 77.6 Å². The van der Waals surface area contributed by atoms with Crippen LogP contribution in [0.25, 0.3) is 11.1 Å². The molecule has 1 saturated carbocycles. The summed E-state index contributed by atoms with van der Waals surface area (Å²) in [5.41, 5.74) is 5.69. The fourth-order valence-corrected chi connectivity index (χ4v) is 5.85. The van der Waals surface area contributed by atoms with Gasteiger partial charge in [0.25, 0.3) is 0 Å². The Labute approximate surface area is 231 Å². The zero-order valence-electron chi connectivity index (χ0n) is 23.4. The van der Waals surface area contributed by atoms with Crippen molar-refractivity contribution in [1.29, 1.82) is 0 Å². The number of nitrogens with zero attached hydrogens (tertiary/aromatic N) is 1. The van der Waals surface area contributed by atoms with E-state index >= 15 is 0 Å². The Morgan fingerprint density at radius 1 is 1.05 bits per heavy atom. The number of nitrogens with one attached hydrogen (secondary N) is 1. The summed E-state index contributed by atoms with van der Waals surface area (Å²) in [6.07, 6.45) is 8.78. The van der Waals surface area contributed by atoms with Gasteiger partial charge in [-0.2, -0.15) is 0 Å². The van der Waals surface area contributed by atoms with Gasteiger partial charge >= 0.3 is 5.97 Å². The lowest BCUT2D eigenvalue weighted by atomic mass is 9.83. The SMILES string of the molecule is CCC(CC(=O)O)c1cccc(NC(=O)C(c2ccc(-c3cncc(OC(C)C)c3)cc2)C2CCCC2)c1C. The molecule has 1 aromatic heterocycles. The molecule has 0 radical (unpaired) electrons. The molecular formula is C33H40N2O4. The van der Waals surface area contributed by atoms with Crippen molar-refractivity contribution in [3.8, 4) is 16.9 Å². The van der Waals surface area contributed by atoms with E-state index in [9.17, 15) is 14.7 Å². The van der Waals surface area contributed by atoms with Crippen molar-refractivity contribution in [2.45, 2.75) is 84.2 Å². The molecule has 0 aliphatic heterocycles. The van der Waals surface area contributed by atoms with Crippen LogP contribution in [0.3, 0.4) is 0 Å². The second-order valence-corrected chi connectivity index (χ2v) is 10.9. The Morgan fingerprint density at radius 2 is 1.77 bits per heavy atom. The number of hydrogen-bond donors (Lipinski definition) is 2. The van der Waals surface area contributed by atoms with Gasteiger partial charge in [-0.25, -0.2) is 0 Å². The van der Waals surface area contributed by atoms with Gasteiger partial charge < -0.3 is 15.2 Å². The van der Waals surface area contributed by atoms with Crippen molar-refractivity contribution in [2.75, 3.05) is 5.32 Å². The summed E-state index contributed by atoms with van der Waals surface area (Å²) in [6, 6.07) is 16.0. The number of benzene rings is 2. The van der Waals surface area contributed by atoms with E-state index in [1.807, 2.05) is 58.2 Å². The summed E-state index contributed by atoms with van der Waals surface area (Å²) in [5.74, 6) is -0.124. The molecular weight excluding hydrogens is 488 g/mol. The van der Waals surface area contributed by atoms with Crippen molar-refractivity contribution in [3.63, 3.8) is 0 Å². The molecule has 2 atom stereocenters. The summed E-state index contributed by atoms with van der Waals surface area (Å²) in [7, 11) is 0. The normalized spacial score (nSPS) is 15.2. The van der Waals surface area contributed by atoms with Crippen LogP contribution in [0.1, 0.15) is 87.8 Å². The van der Waals surface area contributed by atoms with E-state index in [4.69, 9.17) is 4.74 Å². The number of aromatic nitrogens is 1. The maximum atomic E-state index is 13.9. The maximum Gasteiger partial charge on any atom is 0.303 e. The zero-order chi connectivity index (χ0) is 27.9. The van der Waals surface area contributed by atoms with Crippen molar-refractivity contribution in [2.24, 2.45) is 5.92 Å². The van der Waals surface area contributed by atoms with E-state index in [-0.39, 0.29) is 30.3 Å². The highest BCUT2D eigenvalue weighted by molar-refractivity contribution is 5.97. The number of carboxylic acids is 1. The Bertz CT molecular complexity index is 1280. The average molecular weight is 529 g/mol. The third-order valence-corrected chi connectivity index (χ3v) is 7.83. The zero-order valence-corrected chi connectivity index (χ0v) is 23.4. The summed E-state index contributed by atoms with van der Waals surface area (Å²) in [6.45, 7) is 7.96. The lowest BCUT2D eigenvalue weighted by Crippen LogP contribution is -2.27. The molecule has 0 spiro atoms. The van der Waals surface area contributed by atoms with Gasteiger partial charge in [-0.15, -0.1) is 0 Å². The van der Waals surface area contributed by atoms with E-state index in [2.05, 4.69) is 34.6 Å². The van der Waals surface area contributed by atoms with Gasteiger partial charge in [0.05, 0.1) is 24.6 Å². The van der Waals surface area contributed by atoms with E-state index in [0.717, 1.165) is 71.4 Å². The van der Waals surface area contributed by atoms with Crippen LogP contribution in [0.4, 0.5) is 5.69 Å². The lowest BCUT2D eigenvalue weighted by Gasteiger charge is -2.25. The molecule has 1 heterocycles. The fourth-order valence-electron chi connectivity index (χ4n) is 5.85. The van der Waals surface area contributed by atoms with Crippen LogP contribution in [0.5, 0.6) is 5.75 Å².